The molecule has 0 aromatic heterocycles. The van der Waals surface area contributed by atoms with Crippen LogP contribution in [-0.4, -0.2) is 34.8 Å². The fourth-order valence-corrected chi connectivity index (χ4v) is 3.24. The zero-order valence-corrected chi connectivity index (χ0v) is 15.6. The van der Waals surface area contributed by atoms with E-state index in [0.717, 1.165) is 10.5 Å². The van der Waals surface area contributed by atoms with Gasteiger partial charge < -0.3 is 5.32 Å². The lowest BCUT2D eigenvalue weighted by molar-refractivity contribution is -0.137. The van der Waals surface area contributed by atoms with Gasteiger partial charge in [-0.1, -0.05) is 23.7 Å². The van der Waals surface area contributed by atoms with Gasteiger partial charge in [0, 0.05) is 23.3 Å². The molecule has 0 radical (unpaired) electrons. The van der Waals surface area contributed by atoms with Gasteiger partial charge in [-0.25, -0.2) is 0 Å². The lowest BCUT2D eigenvalue weighted by Crippen LogP contribution is -2.39. The molecule has 2 aliphatic rings. The van der Waals surface area contributed by atoms with Crippen molar-refractivity contribution in [2.24, 2.45) is 11.8 Å². The summed E-state index contributed by atoms with van der Waals surface area (Å²) in [6.07, 6.45) is 4.99. The van der Waals surface area contributed by atoms with Crippen LogP contribution in [0, 0.1) is 18.8 Å². The summed E-state index contributed by atoms with van der Waals surface area (Å²) in [7, 11) is 1.47. The van der Waals surface area contributed by atoms with E-state index in [9.17, 15) is 14.4 Å². The van der Waals surface area contributed by atoms with Crippen molar-refractivity contribution < 1.29 is 14.4 Å². The molecule has 1 aromatic carbocycles. The number of nitrogens with one attached hydrogen (secondary N) is 2. The molecule has 1 fully saturated rings. The summed E-state index contributed by atoms with van der Waals surface area (Å²) in [5, 5.41) is 6.02. The number of halogens is 1. The van der Waals surface area contributed by atoms with Crippen LogP contribution in [0.2, 0.25) is 5.02 Å². The first-order chi connectivity index (χ1) is 12.3. The fourth-order valence-electron chi connectivity index (χ4n) is 2.85. The summed E-state index contributed by atoms with van der Waals surface area (Å²) >= 11 is 11.2. The third kappa shape index (κ3) is 3.40. The molecule has 2 atom stereocenters. The van der Waals surface area contributed by atoms with Crippen LogP contribution in [0.5, 0.6) is 0 Å². The molecule has 2 N–H and O–H groups in total. The second kappa shape index (κ2) is 7.01. The zero-order chi connectivity index (χ0) is 19.0. The maximum absolute atomic E-state index is 12.2. The average molecular weight is 390 g/mol. The van der Waals surface area contributed by atoms with Crippen LogP contribution in [0.1, 0.15) is 15.9 Å². The number of amides is 3. The molecule has 0 saturated carbocycles. The van der Waals surface area contributed by atoms with Crippen molar-refractivity contribution in [3.05, 3.63) is 58.3 Å². The van der Waals surface area contributed by atoms with Crippen LogP contribution in [0.4, 0.5) is 0 Å². The number of rotatable bonds is 2. The molecule has 3 rings (SSSR count). The molecule has 8 heteroatoms. The van der Waals surface area contributed by atoms with Crippen molar-refractivity contribution >= 4 is 46.7 Å². The highest BCUT2D eigenvalue weighted by Gasteiger charge is 2.44. The highest BCUT2D eigenvalue weighted by atomic mass is 35.5. The second-order valence-corrected chi connectivity index (χ2v) is 6.96. The van der Waals surface area contributed by atoms with Crippen molar-refractivity contribution in [3.8, 4) is 0 Å². The van der Waals surface area contributed by atoms with Gasteiger partial charge in [0.05, 0.1) is 11.8 Å². The molecule has 1 aliphatic heterocycles. The van der Waals surface area contributed by atoms with E-state index >= 15 is 0 Å². The van der Waals surface area contributed by atoms with Crippen molar-refractivity contribution in [2.75, 3.05) is 7.05 Å². The van der Waals surface area contributed by atoms with Gasteiger partial charge in [0.1, 0.15) is 0 Å². The van der Waals surface area contributed by atoms with E-state index in [2.05, 4.69) is 10.6 Å². The van der Waals surface area contributed by atoms with Gasteiger partial charge in [-0.15, -0.1) is 0 Å². The lowest BCUT2D eigenvalue weighted by Gasteiger charge is -2.17. The summed E-state index contributed by atoms with van der Waals surface area (Å²) < 4.78 is 0. The molecule has 6 nitrogen and oxygen atoms in total. The molecule has 26 heavy (non-hydrogen) atoms. The number of benzene rings is 1. The molecule has 1 saturated heterocycles. The normalized spacial score (nSPS) is 21.3. The maximum atomic E-state index is 12.2. The van der Waals surface area contributed by atoms with Crippen molar-refractivity contribution in [1.82, 2.24) is 15.5 Å². The third-order valence-corrected chi connectivity index (χ3v) is 4.99. The first kappa shape index (κ1) is 18.3. The number of likely N-dealkylation sites (tertiary alicyclic amines) is 1. The standard InChI is InChI=1S/C18H16ClN3O3S/c1-9-3-4-10(7-14(9)19)15(23)21-18(26)20-11-5-6-12-13(8-11)17(25)22(2)16(12)24/h3-8,12-13H,1-2H3,(H2,20,21,23,26)/t12-,13-/m1/s1. The Kier molecular flexibility index (Phi) is 4.93. The minimum Gasteiger partial charge on any atom is -0.333 e. The van der Waals surface area contributed by atoms with E-state index < -0.39 is 17.7 Å². The van der Waals surface area contributed by atoms with E-state index in [1.165, 1.54) is 7.05 Å². The van der Waals surface area contributed by atoms with Crippen LogP contribution in [0.3, 0.4) is 0 Å². The Balaban J connectivity index is 1.65. The Labute approximate surface area is 160 Å². The van der Waals surface area contributed by atoms with Crippen LogP contribution in [0.25, 0.3) is 0 Å². The van der Waals surface area contributed by atoms with E-state index in [1.54, 1.807) is 36.4 Å². The molecule has 134 valence electrons. The topological polar surface area (TPSA) is 78.5 Å². The second-order valence-electron chi connectivity index (χ2n) is 6.14. The van der Waals surface area contributed by atoms with E-state index in [-0.39, 0.29) is 16.9 Å². The SMILES string of the molecule is Cc1ccc(C(=O)NC(=S)NC2=C[C@H]3C(=O)N(C)C(=O)[C@@H]3C=C2)cc1Cl. The first-order valence-electron chi connectivity index (χ1n) is 7.88. The van der Waals surface area contributed by atoms with Gasteiger partial charge in [-0.3, -0.25) is 24.6 Å². The summed E-state index contributed by atoms with van der Waals surface area (Å²) in [5.74, 6) is -1.90. The average Bonchev–Trinajstić information content (AvgIpc) is 2.81. The molecule has 1 aliphatic carbocycles. The molecule has 3 amide bonds. The molecular formula is C18H16ClN3O3S. The Morgan fingerprint density at radius 3 is 2.62 bits per heavy atom. The number of aryl methyl sites for hydroxylation is 1. The highest BCUT2D eigenvalue weighted by molar-refractivity contribution is 7.80. The Hall–Kier alpha value is -2.51. The molecule has 0 bridgehead atoms. The van der Waals surface area contributed by atoms with E-state index in [1.807, 2.05) is 6.92 Å². The van der Waals surface area contributed by atoms with Gasteiger partial charge in [-0.2, -0.15) is 0 Å². The number of hydrogen-bond donors (Lipinski definition) is 2. The molecular weight excluding hydrogens is 374 g/mol. The Bertz CT molecular complexity index is 894. The van der Waals surface area contributed by atoms with Gasteiger partial charge in [0.15, 0.2) is 5.11 Å². The Morgan fingerprint density at radius 2 is 1.92 bits per heavy atom. The summed E-state index contributed by atoms with van der Waals surface area (Å²) in [6, 6.07) is 4.97. The quantitative estimate of drug-likeness (QED) is 0.597. The highest BCUT2D eigenvalue weighted by Crippen LogP contribution is 2.31. The van der Waals surface area contributed by atoms with Gasteiger partial charge in [-0.05, 0) is 49.0 Å². The van der Waals surface area contributed by atoms with Crippen molar-refractivity contribution in [2.45, 2.75) is 6.92 Å². The van der Waals surface area contributed by atoms with E-state index in [0.29, 0.717) is 16.3 Å². The minimum atomic E-state index is -0.547. The maximum Gasteiger partial charge on any atom is 0.257 e. The Morgan fingerprint density at radius 1 is 1.23 bits per heavy atom. The van der Waals surface area contributed by atoms with Crippen LogP contribution >= 0.6 is 23.8 Å². The monoisotopic (exact) mass is 389 g/mol. The predicted molar refractivity (Wildman–Crippen MR) is 101 cm³/mol. The number of allylic oxidation sites excluding steroid dienone is 1. The van der Waals surface area contributed by atoms with Crippen LogP contribution < -0.4 is 10.6 Å². The number of thiocarbonyl (C=S) groups is 1. The molecule has 1 aromatic rings. The van der Waals surface area contributed by atoms with Crippen LogP contribution in [0.15, 0.2) is 42.1 Å². The predicted octanol–water partition coefficient (Wildman–Crippen LogP) is 1.94. The third-order valence-electron chi connectivity index (χ3n) is 4.38. The van der Waals surface area contributed by atoms with Crippen LogP contribution in [-0.2, 0) is 9.59 Å². The number of nitrogens with zero attached hydrogens (tertiary/aromatic N) is 1. The van der Waals surface area contributed by atoms with Gasteiger partial charge >= 0.3 is 0 Å². The lowest BCUT2D eigenvalue weighted by atomic mass is 9.90. The van der Waals surface area contributed by atoms with Gasteiger partial charge in [0.2, 0.25) is 11.8 Å². The fraction of sp³-hybridized carbons (Fsp3) is 0.222. The van der Waals surface area contributed by atoms with Crippen molar-refractivity contribution in [1.29, 1.82) is 0 Å². The zero-order valence-electron chi connectivity index (χ0n) is 14.1. The summed E-state index contributed by atoms with van der Waals surface area (Å²) in [6.45, 7) is 1.85. The number of carbonyl (C=O) groups is 3. The molecule has 0 unspecified atom stereocenters. The number of fused-ring (bicyclic) bond motifs is 1. The van der Waals surface area contributed by atoms with E-state index in [4.69, 9.17) is 23.8 Å². The summed E-state index contributed by atoms with van der Waals surface area (Å²) in [4.78, 5) is 37.4. The largest absolute Gasteiger partial charge is 0.333 e. The summed E-state index contributed by atoms with van der Waals surface area (Å²) in [5.41, 5.74) is 1.81. The molecule has 1 heterocycles. The number of imide groups is 1. The number of hydrogen-bond acceptors (Lipinski definition) is 4. The number of carbonyl (C=O) groups excluding carboxylic acids is 3. The van der Waals surface area contributed by atoms with Gasteiger partial charge in [0.25, 0.3) is 5.91 Å². The van der Waals surface area contributed by atoms with Crippen molar-refractivity contribution in [3.63, 3.8) is 0 Å². The minimum absolute atomic E-state index is 0.0891. The molecule has 0 spiro atoms. The smallest absolute Gasteiger partial charge is 0.257 e. The first-order valence-corrected chi connectivity index (χ1v) is 8.66.